The van der Waals surface area contributed by atoms with Crippen molar-refractivity contribution < 1.29 is 9.50 Å². The van der Waals surface area contributed by atoms with Crippen LogP contribution in [0.1, 0.15) is 17.4 Å². The van der Waals surface area contributed by atoms with Gasteiger partial charge in [-0.25, -0.2) is 14.4 Å². The van der Waals surface area contributed by atoms with Crippen LogP contribution in [0.15, 0.2) is 73.3 Å². The Morgan fingerprint density at radius 3 is 2.54 bits per heavy atom. The first-order valence-corrected chi connectivity index (χ1v) is 8.06. The first-order valence-electron chi connectivity index (χ1n) is 8.06. The highest BCUT2D eigenvalue weighted by Crippen LogP contribution is 2.28. The second-order valence-corrected chi connectivity index (χ2v) is 5.79. The molecular weight excluding hydrogens is 331 g/mol. The number of aliphatic hydroxyl groups excluding tert-OH is 1. The predicted octanol–water partition coefficient (Wildman–Crippen LogP) is 3.75. The lowest BCUT2D eigenvalue weighted by molar-refractivity contribution is 0.215. The molecule has 6 heteroatoms. The number of hydrogen-bond acceptors (Lipinski definition) is 4. The molecular formula is C20H15FN4O. The number of nitrogens with one attached hydrogen (secondary N) is 1. The van der Waals surface area contributed by atoms with E-state index in [1.807, 2.05) is 30.3 Å². The van der Waals surface area contributed by atoms with Crippen LogP contribution in [0.25, 0.3) is 22.6 Å². The molecule has 0 spiro atoms. The Morgan fingerprint density at radius 2 is 1.81 bits per heavy atom. The molecule has 0 fully saturated rings. The molecule has 1 atom stereocenters. The fourth-order valence-electron chi connectivity index (χ4n) is 2.76. The topological polar surface area (TPSA) is 74.7 Å². The highest BCUT2D eigenvalue weighted by atomic mass is 19.1. The van der Waals surface area contributed by atoms with Gasteiger partial charge in [-0.1, -0.05) is 42.5 Å². The number of rotatable bonds is 4. The Kier molecular flexibility index (Phi) is 4.25. The molecule has 2 heterocycles. The van der Waals surface area contributed by atoms with Gasteiger partial charge in [-0.3, -0.25) is 4.98 Å². The van der Waals surface area contributed by atoms with E-state index < -0.39 is 6.10 Å². The minimum atomic E-state index is -1.02. The van der Waals surface area contributed by atoms with Crippen LogP contribution in [-0.4, -0.2) is 25.0 Å². The first-order chi connectivity index (χ1) is 12.7. The van der Waals surface area contributed by atoms with Crippen molar-refractivity contribution in [1.29, 1.82) is 0 Å². The summed E-state index contributed by atoms with van der Waals surface area (Å²) < 4.78 is 14.5. The summed E-state index contributed by atoms with van der Waals surface area (Å²) in [5.74, 6) is 0.106. The Bertz CT molecular complexity index is 1020. The fourth-order valence-corrected chi connectivity index (χ4v) is 2.76. The van der Waals surface area contributed by atoms with Crippen LogP contribution in [0.2, 0.25) is 0 Å². The molecule has 0 saturated heterocycles. The van der Waals surface area contributed by atoms with Gasteiger partial charge in [0.2, 0.25) is 0 Å². The number of H-pyrrole nitrogens is 1. The van der Waals surface area contributed by atoms with E-state index in [0.29, 0.717) is 28.3 Å². The molecule has 0 amide bonds. The van der Waals surface area contributed by atoms with Gasteiger partial charge in [0.15, 0.2) is 5.82 Å². The van der Waals surface area contributed by atoms with Crippen molar-refractivity contribution in [3.05, 3.63) is 90.4 Å². The number of imidazole rings is 1. The van der Waals surface area contributed by atoms with E-state index in [4.69, 9.17) is 0 Å². The number of aromatic nitrogens is 4. The van der Waals surface area contributed by atoms with E-state index in [9.17, 15) is 9.50 Å². The molecule has 26 heavy (non-hydrogen) atoms. The van der Waals surface area contributed by atoms with Crippen molar-refractivity contribution in [3.63, 3.8) is 0 Å². The van der Waals surface area contributed by atoms with Gasteiger partial charge in [0, 0.05) is 18.0 Å². The minimum Gasteiger partial charge on any atom is -0.382 e. The quantitative estimate of drug-likeness (QED) is 0.590. The molecule has 2 aromatic heterocycles. The Balaban J connectivity index is 1.62. The SMILES string of the molecule is OC(c1ccc(-c2ccccc2)c(F)c1)c1cnc(-c2cnccn2)[nH]1. The molecule has 4 rings (SSSR count). The van der Waals surface area contributed by atoms with Crippen LogP contribution >= 0.6 is 0 Å². The number of halogens is 1. The zero-order chi connectivity index (χ0) is 17.9. The molecule has 4 aromatic rings. The third kappa shape index (κ3) is 3.10. The average molecular weight is 346 g/mol. The van der Waals surface area contributed by atoms with Gasteiger partial charge in [-0.15, -0.1) is 0 Å². The highest BCUT2D eigenvalue weighted by molar-refractivity contribution is 5.64. The van der Waals surface area contributed by atoms with Crippen molar-refractivity contribution >= 4 is 0 Å². The van der Waals surface area contributed by atoms with Crippen LogP contribution in [0, 0.1) is 5.82 Å². The summed E-state index contributed by atoms with van der Waals surface area (Å²) in [6.07, 6.45) is 5.19. The molecule has 0 aliphatic heterocycles. The third-order valence-corrected chi connectivity index (χ3v) is 4.09. The molecule has 5 nitrogen and oxygen atoms in total. The molecule has 0 aliphatic rings. The van der Waals surface area contributed by atoms with Crippen LogP contribution in [0.5, 0.6) is 0 Å². The van der Waals surface area contributed by atoms with Crippen molar-refractivity contribution in [3.8, 4) is 22.6 Å². The summed E-state index contributed by atoms with van der Waals surface area (Å²) in [5, 5.41) is 10.6. The number of aliphatic hydroxyl groups is 1. The maximum Gasteiger partial charge on any atom is 0.157 e. The van der Waals surface area contributed by atoms with Crippen LogP contribution in [-0.2, 0) is 0 Å². The van der Waals surface area contributed by atoms with Crippen molar-refractivity contribution in [2.75, 3.05) is 0 Å². The summed E-state index contributed by atoms with van der Waals surface area (Å²) in [5.41, 5.74) is 2.74. The summed E-state index contributed by atoms with van der Waals surface area (Å²) in [4.78, 5) is 15.4. The summed E-state index contributed by atoms with van der Waals surface area (Å²) >= 11 is 0. The van der Waals surface area contributed by atoms with E-state index in [2.05, 4.69) is 19.9 Å². The second-order valence-electron chi connectivity index (χ2n) is 5.79. The normalized spacial score (nSPS) is 12.1. The molecule has 128 valence electrons. The highest BCUT2D eigenvalue weighted by Gasteiger charge is 2.16. The summed E-state index contributed by atoms with van der Waals surface area (Å²) in [6, 6.07) is 14.0. The molecule has 0 saturated carbocycles. The van der Waals surface area contributed by atoms with Gasteiger partial charge in [0.25, 0.3) is 0 Å². The van der Waals surface area contributed by atoms with Gasteiger partial charge in [-0.2, -0.15) is 0 Å². The monoisotopic (exact) mass is 346 g/mol. The number of hydrogen-bond donors (Lipinski definition) is 2. The zero-order valence-corrected chi connectivity index (χ0v) is 13.7. The first kappa shape index (κ1) is 16.1. The van der Waals surface area contributed by atoms with E-state index in [0.717, 1.165) is 5.56 Å². The van der Waals surface area contributed by atoms with Gasteiger partial charge < -0.3 is 10.1 Å². The molecule has 0 bridgehead atoms. The lowest BCUT2D eigenvalue weighted by Gasteiger charge is -2.11. The van der Waals surface area contributed by atoms with Gasteiger partial charge >= 0.3 is 0 Å². The molecule has 1 unspecified atom stereocenters. The standard InChI is InChI=1S/C20H15FN4O/c21-16-10-14(6-7-15(16)13-4-2-1-3-5-13)19(26)17-12-24-20(25-17)18-11-22-8-9-23-18/h1-12,19,26H,(H,24,25). The smallest absolute Gasteiger partial charge is 0.157 e. The fraction of sp³-hybridized carbons (Fsp3) is 0.0500. The number of benzene rings is 2. The van der Waals surface area contributed by atoms with E-state index in [1.165, 1.54) is 12.3 Å². The van der Waals surface area contributed by atoms with Gasteiger partial charge in [0.1, 0.15) is 17.6 Å². The maximum absolute atomic E-state index is 14.5. The molecule has 0 radical (unpaired) electrons. The van der Waals surface area contributed by atoms with Gasteiger partial charge in [-0.05, 0) is 17.2 Å². The van der Waals surface area contributed by atoms with Crippen molar-refractivity contribution in [2.24, 2.45) is 0 Å². The lowest BCUT2D eigenvalue weighted by Crippen LogP contribution is -2.01. The number of nitrogens with zero attached hydrogens (tertiary/aromatic N) is 3. The van der Waals surface area contributed by atoms with Crippen LogP contribution in [0.3, 0.4) is 0 Å². The van der Waals surface area contributed by atoms with E-state index >= 15 is 0 Å². The molecule has 0 aliphatic carbocycles. The van der Waals surface area contributed by atoms with Gasteiger partial charge in [0.05, 0.1) is 18.1 Å². The second kappa shape index (κ2) is 6.85. The lowest BCUT2D eigenvalue weighted by atomic mass is 10.00. The Morgan fingerprint density at radius 1 is 0.962 bits per heavy atom. The predicted molar refractivity (Wildman–Crippen MR) is 95.5 cm³/mol. The zero-order valence-electron chi connectivity index (χ0n) is 13.7. The number of aromatic amines is 1. The molecule has 2 aromatic carbocycles. The Hall–Kier alpha value is -3.38. The molecule has 2 N–H and O–H groups in total. The summed E-state index contributed by atoms with van der Waals surface area (Å²) in [7, 11) is 0. The largest absolute Gasteiger partial charge is 0.382 e. The average Bonchev–Trinajstić information content (AvgIpc) is 3.19. The van der Waals surface area contributed by atoms with Crippen molar-refractivity contribution in [2.45, 2.75) is 6.10 Å². The van der Waals surface area contributed by atoms with Crippen LogP contribution in [0.4, 0.5) is 4.39 Å². The van der Waals surface area contributed by atoms with E-state index in [1.54, 1.807) is 30.7 Å². The maximum atomic E-state index is 14.5. The third-order valence-electron chi connectivity index (χ3n) is 4.09. The van der Waals surface area contributed by atoms with Crippen LogP contribution < -0.4 is 0 Å². The van der Waals surface area contributed by atoms with E-state index in [-0.39, 0.29) is 5.82 Å². The minimum absolute atomic E-state index is 0.388. The Labute approximate surface area is 149 Å². The summed E-state index contributed by atoms with van der Waals surface area (Å²) in [6.45, 7) is 0. The van der Waals surface area contributed by atoms with Crippen molar-refractivity contribution in [1.82, 2.24) is 19.9 Å².